The smallest absolute Gasteiger partial charge is 0.306 e. The molecule has 0 unspecified atom stereocenters. The Morgan fingerprint density at radius 2 is 1.71 bits per heavy atom. The molecule has 2 bridgehead atoms. The lowest BCUT2D eigenvalue weighted by Crippen LogP contribution is -2.35. The number of allylic oxidation sites excluding steroid dienone is 4. The Kier molecular flexibility index (Phi) is 4.45. The summed E-state index contributed by atoms with van der Waals surface area (Å²) in [6.07, 6.45) is 9.33. The molecular weight excluding hydrogens is 283 g/mol. The maximum atomic E-state index is 13.3. The molecule has 0 radical (unpaired) electrons. The molecule has 4 heteroatoms. The lowest BCUT2D eigenvalue weighted by molar-refractivity contribution is 0.211. The average molecular weight is 310 g/mol. The molecule has 1 fully saturated rings. The molecule has 1 saturated carbocycles. The maximum Gasteiger partial charge on any atom is 0.357 e. The van der Waals surface area contributed by atoms with Crippen molar-refractivity contribution >= 4 is 7.60 Å². The van der Waals surface area contributed by atoms with E-state index in [0.29, 0.717) is 36.9 Å². The number of hydrogen-bond acceptors (Lipinski definition) is 3. The van der Waals surface area contributed by atoms with E-state index in [4.69, 9.17) is 9.05 Å². The number of hydrogen-bond donors (Lipinski definition) is 0. The normalized spacial score (nSPS) is 33.5. The monoisotopic (exact) mass is 310 g/mol. The zero-order valence-electron chi connectivity index (χ0n) is 13.4. The Morgan fingerprint density at radius 3 is 2.29 bits per heavy atom. The minimum Gasteiger partial charge on any atom is -0.306 e. The molecule has 3 rings (SSSR count). The molecule has 0 aromatic heterocycles. The highest BCUT2D eigenvalue weighted by atomic mass is 31.2. The molecule has 0 aromatic rings. The van der Waals surface area contributed by atoms with Gasteiger partial charge in [0.1, 0.15) is 0 Å². The molecule has 4 atom stereocenters. The second-order valence-electron chi connectivity index (χ2n) is 6.35. The molecule has 0 N–H and O–H groups in total. The topological polar surface area (TPSA) is 35.5 Å². The van der Waals surface area contributed by atoms with Crippen LogP contribution in [0.1, 0.15) is 46.5 Å². The Hall–Kier alpha value is -0.370. The summed E-state index contributed by atoms with van der Waals surface area (Å²) >= 11 is 0. The first-order valence-electron chi connectivity index (χ1n) is 8.47. The van der Waals surface area contributed by atoms with Gasteiger partial charge in [0.2, 0.25) is 0 Å². The van der Waals surface area contributed by atoms with Gasteiger partial charge in [-0.25, -0.2) is 0 Å². The van der Waals surface area contributed by atoms with Crippen LogP contribution in [-0.4, -0.2) is 13.2 Å². The second kappa shape index (κ2) is 6.02. The van der Waals surface area contributed by atoms with Crippen LogP contribution in [0, 0.1) is 23.7 Å². The highest BCUT2D eigenvalue weighted by molar-refractivity contribution is 7.58. The predicted octanol–water partition coefficient (Wildman–Crippen LogP) is 5.15. The van der Waals surface area contributed by atoms with E-state index < -0.39 is 7.60 Å². The molecule has 0 spiro atoms. The van der Waals surface area contributed by atoms with Gasteiger partial charge in [0, 0.05) is 11.2 Å². The first-order chi connectivity index (χ1) is 10.2. The Bertz CT molecular complexity index is 498. The summed E-state index contributed by atoms with van der Waals surface area (Å²) in [5, 5.41) is 1.06. The van der Waals surface area contributed by atoms with Crippen LogP contribution in [0.15, 0.2) is 23.0 Å². The molecular formula is C17H27O3P. The summed E-state index contributed by atoms with van der Waals surface area (Å²) in [4.78, 5) is 0. The van der Waals surface area contributed by atoms with Gasteiger partial charge in [0.15, 0.2) is 0 Å². The van der Waals surface area contributed by atoms with Crippen LogP contribution < -0.4 is 0 Å². The van der Waals surface area contributed by atoms with E-state index in [2.05, 4.69) is 19.1 Å². The second-order valence-corrected chi connectivity index (χ2v) is 8.34. The third-order valence-electron chi connectivity index (χ3n) is 5.20. The highest BCUT2D eigenvalue weighted by Crippen LogP contribution is 2.73. The van der Waals surface area contributed by atoms with Crippen LogP contribution in [-0.2, 0) is 13.6 Å². The largest absolute Gasteiger partial charge is 0.357 e. The van der Waals surface area contributed by atoms with E-state index in [-0.39, 0.29) is 0 Å². The minimum atomic E-state index is -3.07. The van der Waals surface area contributed by atoms with Gasteiger partial charge >= 0.3 is 7.60 Å². The van der Waals surface area contributed by atoms with Crippen LogP contribution >= 0.6 is 7.60 Å². The van der Waals surface area contributed by atoms with Crippen LogP contribution in [0.3, 0.4) is 0 Å². The van der Waals surface area contributed by atoms with Crippen molar-refractivity contribution in [3.05, 3.63) is 23.0 Å². The van der Waals surface area contributed by atoms with Crippen molar-refractivity contribution in [1.82, 2.24) is 0 Å². The fourth-order valence-electron chi connectivity index (χ4n) is 4.50. The van der Waals surface area contributed by atoms with Gasteiger partial charge in [-0.15, -0.1) is 0 Å². The van der Waals surface area contributed by atoms with Gasteiger partial charge in [0.25, 0.3) is 0 Å². The quantitative estimate of drug-likeness (QED) is 0.459. The number of fused-ring (bicyclic) bond motifs is 5. The van der Waals surface area contributed by atoms with Crippen molar-refractivity contribution in [2.24, 2.45) is 23.7 Å². The first-order valence-corrected chi connectivity index (χ1v) is 10.0. The molecule has 118 valence electrons. The molecule has 21 heavy (non-hydrogen) atoms. The Balaban J connectivity index is 1.93. The molecule has 3 aliphatic carbocycles. The first kappa shape index (κ1) is 15.5. The molecule has 0 aliphatic heterocycles. The van der Waals surface area contributed by atoms with Crippen LogP contribution in [0.25, 0.3) is 0 Å². The van der Waals surface area contributed by atoms with E-state index in [9.17, 15) is 4.57 Å². The summed E-state index contributed by atoms with van der Waals surface area (Å²) in [6.45, 7) is 6.90. The van der Waals surface area contributed by atoms with E-state index >= 15 is 0 Å². The lowest BCUT2D eigenvalue weighted by atomic mass is 9.67. The average Bonchev–Trinajstić information content (AvgIpc) is 2.97. The zero-order valence-corrected chi connectivity index (χ0v) is 14.3. The van der Waals surface area contributed by atoms with Crippen LogP contribution in [0.4, 0.5) is 0 Å². The minimum absolute atomic E-state index is 0.427. The number of rotatable bonds is 8. The highest BCUT2D eigenvalue weighted by Gasteiger charge is 2.59. The van der Waals surface area contributed by atoms with E-state index in [1.807, 2.05) is 13.8 Å². The number of unbranched alkanes of at least 4 members (excludes halogenated alkanes) is 1. The van der Waals surface area contributed by atoms with E-state index in [0.717, 1.165) is 11.7 Å². The third-order valence-corrected chi connectivity index (χ3v) is 7.57. The van der Waals surface area contributed by atoms with Crippen molar-refractivity contribution in [3.63, 3.8) is 0 Å². The van der Waals surface area contributed by atoms with Crippen molar-refractivity contribution in [3.8, 4) is 0 Å². The van der Waals surface area contributed by atoms with Gasteiger partial charge in [-0.2, -0.15) is 0 Å². The van der Waals surface area contributed by atoms with Gasteiger partial charge in [-0.1, -0.05) is 31.1 Å². The Labute approximate surface area is 128 Å². The predicted molar refractivity (Wildman–Crippen MR) is 85.1 cm³/mol. The molecule has 0 heterocycles. The zero-order chi connectivity index (χ0) is 15.0. The summed E-state index contributed by atoms with van der Waals surface area (Å²) in [5.41, 5.74) is 1.41. The molecule has 0 saturated heterocycles. The standard InChI is InChI=1S/C17H27O3P/c1-4-7-8-14-15-12-9-10-13(11-12)16(15)17(14)21(18,19-5-2)20-6-3/h9-10,12-13,15-16H,4-8,11H2,1-3H3/t12-,13+,15-,16-/m1/s1. The fraction of sp³-hybridized carbons (Fsp3) is 0.765. The van der Waals surface area contributed by atoms with Crippen LogP contribution in [0.5, 0.6) is 0 Å². The van der Waals surface area contributed by atoms with Gasteiger partial charge in [0.05, 0.1) is 13.2 Å². The van der Waals surface area contributed by atoms with Crippen molar-refractivity contribution < 1.29 is 13.6 Å². The summed E-state index contributed by atoms with van der Waals surface area (Å²) in [6, 6.07) is 0. The van der Waals surface area contributed by atoms with Crippen molar-refractivity contribution in [1.29, 1.82) is 0 Å². The molecule has 3 aliphatic rings. The molecule has 3 nitrogen and oxygen atoms in total. The van der Waals surface area contributed by atoms with Crippen LogP contribution in [0.2, 0.25) is 0 Å². The molecule has 0 amide bonds. The van der Waals surface area contributed by atoms with E-state index in [1.165, 1.54) is 24.8 Å². The van der Waals surface area contributed by atoms with Gasteiger partial charge < -0.3 is 9.05 Å². The van der Waals surface area contributed by atoms with Gasteiger partial charge in [-0.05, 0) is 50.9 Å². The molecule has 0 aromatic carbocycles. The maximum absolute atomic E-state index is 13.3. The van der Waals surface area contributed by atoms with Crippen molar-refractivity contribution in [2.45, 2.75) is 46.5 Å². The summed E-state index contributed by atoms with van der Waals surface area (Å²) in [7, 11) is -3.07. The Morgan fingerprint density at radius 1 is 1.10 bits per heavy atom. The summed E-state index contributed by atoms with van der Waals surface area (Å²) < 4.78 is 24.6. The SMILES string of the molecule is CCCCC1=C(P(=O)(OCC)OCC)[C@H]2[C@@H]1[C@@H]1C=C[C@H]2C1. The van der Waals surface area contributed by atoms with Gasteiger partial charge in [-0.3, -0.25) is 4.57 Å². The van der Waals surface area contributed by atoms with E-state index in [1.54, 1.807) is 0 Å². The summed E-state index contributed by atoms with van der Waals surface area (Å²) in [5.74, 6) is 2.29. The third kappa shape index (κ3) is 2.38. The van der Waals surface area contributed by atoms with Crippen molar-refractivity contribution in [2.75, 3.05) is 13.2 Å². The fourth-order valence-corrected chi connectivity index (χ4v) is 6.86. The lowest BCUT2D eigenvalue weighted by Gasteiger charge is -2.45.